The third-order valence-corrected chi connectivity index (χ3v) is 4.30. The van der Waals surface area contributed by atoms with Crippen molar-refractivity contribution < 1.29 is 4.74 Å². The van der Waals surface area contributed by atoms with E-state index in [4.69, 9.17) is 4.74 Å². The summed E-state index contributed by atoms with van der Waals surface area (Å²) in [5, 5.41) is 3.46. The first-order valence-electron chi connectivity index (χ1n) is 8.05. The van der Waals surface area contributed by atoms with Crippen LogP contribution in [0.25, 0.3) is 0 Å². The number of morpholine rings is 1. The number of rotatable bonds is 5. The summed E-state index contributed by atoms with van der Waals surface area (Å²) in [4.78, 5) is 2.50. The maximum absolute atomic E-state index is 5.80. The Bertz CT molecular complexity index is 439. The number of hydrogen-bond donors (Lipinski definition) is 1. The van der Waals surface area contributed by atoms with Crippen LogP contribution in [-0.2, 0) is 4.74 Å². The SMILES string of the molecule is CNC(CN1CCOC(C)(C)C1)c1ccc(C(C)C)cc1. The van der Waals surface area contributed by atoms with Crippen LogP contribution in [0, 0.1) is 0 Å². The van der Waals surface area contributed by atoms with Crippen LogP contribution in [0.4, 0.5) is 0 Å². The molecule has 0 saturated carbocycles. The minimum absolute atomic E-state index is 0.0297. The zero-order chi connectivity index (χ0) is 15.5. The van der Waals surface area contributed by atoms with Crippen molar-refractivity contribution in [3.05, 3.63) is 35.4 Å². The quantitative estimate of drug-likeness (QED) is 0.901. The smallest absolute Gasteiger partial charge is 0.0753 e. The molecule has 1 unspecified atom stereocenters. The summed E-state index contributed by atoms with van der Waals surface area (Å²) in [6.07, 6.45) is 0. The molecule has 1 N–H and O–H groups in total. The molecule has 0 radical (unpaired) electrons. The molecule has 21 heavy (non-hydrogen) atoms. The van der Waals surface area contributed by atoms with Crippen molar-refractivity contribution >= 4 is 0 Å². The standard InChI is InChI=1S/C18H30N2O/c1-14(2)15-6-8-16(9-7-15)17(19-5)12-20-10-11-21-18(3,4)13-20/h6-9,14,17,19H,10-13H2,1-5H3. The number of likely N-dealkylation sites (N-methyl/N-ethyl adjacent to an activating group) is 1. The average Bonchev–Trinajstić information content (AvgIpc) is 2.44. The molecule has 0 spiro atoms. The molecule has 1 atom stereocenters. The molecule has 3 heteroatoms. The van der Waals surface area contributed by atoms with Crippen molar-refractivity contribution in [3.8, 4) is 0 Å². The maximum atomic E-state index is 5.80. The van der Waals surface area contributed by atoms with Crippen molar-refractivity contribution in [2.45, 2.75) is 45.3 Å². The van der Waals surface area contributed by atoms with Gasteiger partial charge in [0.1, 0.15) is 0 Å². The molecule has 1 aromatic carbocycles. The van der Waals surface area contributed by atoms with Gasteiger partial charge < -0.3 is 10.1 Å². The Morgan fingerprint density at radius 2 is 1.81 bits per heavy atom. The summed E-state index contributed by atoms with van der Waals surface area (Å²) in [6.45, 7) is 12.7. The van der Waals surface area contributed by atoms with Gasteiger partial charge in [-0.05, 0) is 37.9 Å². The van der Waals surface area contributed by atoms with E-state index in [1.807, 2.05) is 7.05 Å². The van der Waals surface area contributed by atoms with Gasteiger partial charge in [-0.1, -0.05) is 38.1 Å². The molecular weight excluding hydrogens is 260 g/mol. The summed E-state index contributed by atoms with van der Waals surface area (Å²) in [6, 6.07) is 9.42. The first kappa shape index (κ1) is 16.5. The molecule has 1 saturated heterocycles. The molecule has 0 bridgehead atoms. The number of hydrogen-bond acceptors (Lipinski definition) is 3. The van der Waals surface area contributed by atoms with E-state index in [9.17, 15) is 0 Å². The van der Waals surface area contributed by atoms with Crippen LogP contribution in [0.15, 0.2) is 24.3 Å². The van der Waals surface area contributed by atoms with Gasteiger partial charge in [-0.2, -0.15) is 0 Å². The van der Waals surface area contributed by atoms with Crippen molar-refractivity contribution in [1.82, 2.24) is 10.2 Å². The highest BCUT2D eigenvalue weighted by molar-refractivity contribution is 5.27. The highest BCUT2D eigenvalue weighted by Crippen LogP contribution is 2.22. The Balaban J connectivity index is 2.02. The van der Waals surface area contributed by atoms with Gasteiger partial charge in [-0.3, -0.25) is 4.90 Å². The fourth-order valence-electron chi connectivity index (χ4n) is 3.00. The highest BCUT2D eigenvalue weighted by Gasteiger charge is 2.28. The molecule has 1 aromatic rings. The third kappa shape index (κ3) is 4.53. The van der Waals surface area contributed by atoms with E-state index in [-0.39, 0.29) is 5.60 Å². The van der Waals surface area contributed by atoms with Crippen LogP contribution in [0.2, 0.25) is 0 Å². The molecule has 0 amide bonds. The van der Waals surface area contributed by atoms with Gasteiger partial charge >= 0.3 is 0 Å². The van der Waals surface area contributed by atoms with E-state index in [0.717, 1.165) is 26.2 Å². The summed E-state index contributed by atoms with van der Waals surface area (Å²) in [5.41, 5.74) is 2.74. The number of nitrogens with zero attached hydrogens (tertiary/aromatic N) is 1. The Morgan fingerprint density at radius 1 is 1.19 bits per heavy atom. The van der Waals surface area contributed by atoms with Gasteiger partial charge in [0, 0.05) is 25.7 Å². The third-order valence-electron chi connectivity index (χ3n) is 4.30. The van der Waals surface area contributed by atoms with Crippen LogP contribution in [0.1, 0.15) is 50.8 Å². The van der Waals surface area contributed by atoms with E-state index in [1.54, 1.807) is 0 Å². The number of benzene rings is 1. The van der Waals surface area contributed by atoms with Gasteiger partial charge in [0.05, 0.1) is 12.2 Å². The van der Waals surface area contributed by atoms with Crippen LogP contribution in [0.5, 0.6) is 0 Å². The predicted octanol–water partition coefficient (Wildman–Crippen LogP) is 3.18. The summed E-state index contributed by atoms with van der Waals surface area (Å²) < 4.78 is 5.80. The molecule has 3 nitrogen and oxygen atoms in total. The lowest BCUT2D eigenvalue weighted by Gasteiger charge is -2.39. The minimum Gasteiger partial charge on any atom is -0.373 e. The van der Waals surface area contributed by atoms with E-state index in [0.29, 0.717) is 12.0 Å². The lowest BCUT2D eigenvalue weighted by atomic mass is 9.98. The van der Waals surface area contributed by atoms with E-state index >= 15 is 0 Å². The van der Waals surface area contributed by atoms with Crippen molar-refractivity contribution in [2.75, 3.05) is 33.3 Å². The Hall–Kier alpha value is -0.900. The van der Waals surface area contributed by atoms with Crippen molar-refractivity contribution in [3.63, 3.8) is 0 Å². The normalized spacial score (nSPS) is 20.7. The second-order valence-corrected chi connectivity index (χ2v) is 7.01. The molecule has 2 rings (SSSR count). The van der Waals surface area contributed by atoms with Crippen LogP contribution in [0.3, 0.4) is 0 Å². The van der Waals surface area contributed by atoms with E-state index in [2.05, 4.69) is 62.2 Å². The topological polar surface area (TPSA) is 24.5 Å². The van der Waals surface area contributed by atoms with Crippen molar-refractivity contribution in [2.24, 2.45) is 0 Å². The fraction of sp³-hybridized carbons (Fsp3) is 0.667. The lowest BCUT2D eigenvalue weighted by molar-refractivity contribution is -0.0875. The minimum atomic E-state index is -0.0297. The first-order chi connectivity index (χ1) is 9.91. The predicted molar refractivity (Wildman–Crippen MR) is 88.8 cm³/mol. The lowest BCUT2D eigenvalue weighted by Crippen LogP contribution is -2.50. The molecule has 1 aliphatic rings. The Morgan fingerprint density at radius 3 is 2.33 bits per heavy atom. The second kappa shape index (κ2) is 6.91. The maximum Gasteiger partial charge on any atom is 0.0753 e. The summed E-state index contributed by atoms with van der Waals surface area (Å²) >= 11 is 0. The van der Waals surface area contributed by atoms with E-state index in [1.165, 1.54) is 11.1 Å². The van der Waals surface area contributed by atoms with Crippen LogP contribution in [-0.4, -0.2) is 43.8 Å². The fourth-order valence-corrected chi connectivity index (χ4v) is 3.00. The molecular formula is C18H30N2O. The summed E-state index contributed by atoms with van der Waals surface area (Å²) in [7, 11) is 2.05. The van der Waals surface area contributed by atoms with Crippen LogP contribution < -0.4 is 5.32 Å². The number of nitrogens with one attached hydrogen (secondary N) is 1. The molecule has 0 aliphatic carbocycles. The average molecular weight is 290 g/mol. The Labute approximate surface area is 129 Å². The molecule has 118 valence electrons. The summed E-state index contributed by atoms with van der Waals surface area (Å²) in [5.74, 6) is 0.590. The van der Waals surface area contributed by atoms with Gasteiger partial charge in [-0.15, -0.1) is 0 Å². The highest BCUT2D eigenvalue weighted by atomic mass is 16.5. The zero-order valence-corrected chi connectivity index (χ0v) is 14.1. The zero-order valence-electron chi connectivity index (χ0n) is 14.1. The molecule has 1 aliphatic heterocycles. The monoisotopic (exact) mass is 290 g/mol. The molecule has 1 fully saturated rings. The van der Waals surface area contributed by atoms with Gasteiger partial charge in [-0.25, -0.2) is 0 Å². The van der Waals surface area contributed by atoms with E-state index < -0.39 is 0 Å². The Kier molecular flexibility index (Phi) is 5.42. The number of ether oxygens (including phenoxy) is 1. The van der Waals surface area contributed by atoms with Crippen LogP contribution >= 0.6 is 0 Å². The second-order valence-electron chi connectivity index (χ2n) is 7.01. The largest absolute Gasteiger partial charge is 0.373 e. The molecule has 1 heterocycles. The van der Waals surface area contributed by atoms with Crippen molar-refractivity contribution in [1.29, 1.82) is 0 Å². The first-order valence-corrected chi connectivity index (χ1v) is 8.05. The molecule has 0 aromatic heterocycles. The van der Waals surface area contributed by atoms with Gasteiger partial charge in [0.15, 0.2) is 0 Å². The van der Waals surface area contributed by atoms with Gasteiger partial charge in [0.25, 0.3) is 0 Å². The van der Waals surface area contributed by atoms with Gasteiger partial charge in [0.2, 0.25) is 0 Å².